The Kier molecular flexibility index (Phi) is 5.94. The molecule has 0 aliphatic carbocycles. The number of aromatic nitrogens is 1. The fourth-order valence-electron chi connectivity index (χ4n) is 3.33. The van der Waals surface area contributed by atoms with Crippen molar-refractivity contribution in [3.05, 3.63) is 71.2 Å². The normalized spacial score (nSPS) is 13.8. The molecule has 30 heavy (non-hydrogen) atoms. The van der Waals surface area contributed by atoms with E-state index in [9.17, 15) is 9.59 Å². The predicted octanol–water partition coefficient (Wildman–Crippen LogP) is 3.37. The first-order chi connectivity index (χ1) is 14.6. The minimum absolute atomic E-state index is 0.114. The predicted molar refractivity (Wildman–Crippen MR) is 118 cm³/mol. The molecule has 1 aliphatic heterocycles. The number of amides is 2. The zero-order chi connectivity index (χ0) is 20.9. The summed E-state index contributed by atoms with van der Waals surface area (Å²) in [5.74, 6) is 0.464. The van der Waals surface area contributed by atoms with Gasteiger partial charge in [0.25, 0.3) is 11.8 Å². The van der Waals surface area contributed by atoms with Gasteiger partial charge in [-0.2, -0.15) is 0 Å². The highest BCUT2D eigenvalue weighted by atomic mass is 32.1. The molecule has 0 bridgehead atoms. The van der Waals surface area contributed by atoms with Gasteiger partial charge < -0.3 is 14.5 Å². The molecule has 1 aliphatic rings. The zero-order valence-electron chi connectivity index (χ0n) is 16.6. The standard InChI is InChI=1S/C22H22N4O3S/c1-29-18-9-5-8-17(14-18)25-10-12-26(13-11-25)21(28)19-15-30-22(23-19)24-20(27)16-6-3-2-4-7-16/h2-9,14-15H,10-13H2,1H3,(H,23,24,27). The Morgan fingerprint density at radius 1 is 1.03 bits per heavy atom. The van der Waals surface area contributed by atoms with Crippen LogP contribution >= 0.6 is 11.3 Å². The molecule has 1 saturated heterocycles. The Morgan fingerprint density at radius 3 is 2.53 bits per heavy atom. The number of nitrogens with zero attached hydrogens (tertiary/aromatic N) is 3. The number of hydrogen-bond acceptors (Lipinski definition) is 6. The SMILES string of the molecule is COc1cccc(N2CCN(C(=O)c3csc(NC(=O)c4ccccc4)n3)CC2)c1. The number of thiazole rings is 1. The average molecular weight is 423 g/mol. The Morgan fingerprint density at radius 2 is 1.80 bits per heavy atom. The van der Waals surface area contributed by atoms with Gasteiger partial charge in [-0.05, 0) is 24.3 Å². The molecule has 0 atom stereocenters. The number of piperazine rings is 1. The fourth-order valence-corrected chi connectivity index (χ4v) is 4.00. The summed E-state index contributed by atoms with van der Waals surface area (Å²) in [6, 6.07) is 16.8. The van der Waals surface area contributed by atoms with Gasteiger partial charge >= 0.3 is 0 Å². The van der Waals surface area contributed by atoms with Gasteiger partial charge in [0.05, 0.1) is 7.11 Å². The highest BCUT2D eigenvalue weighted by Gasteiger charge is 2.24. The van der Waals surface area contributed by atoms with Crippen molar-refractivity contribution in [2.45, 2.75) is 0 Å². The van der Waals surface area contributed by atoms with E-state index in [1.54, 1.807) is 41.7 Å². The Labute approximate surface area is 178 Å². The molecule has 1 N–H and O–H groups in total. The van der Waals surface area contributed by atoms with Gasteiger partial charge in [0, 0.05) is 48.9 Å². The second-order valence-electron chi connectivity index (χ2n) is 6.84. The maximum atomic E-state index is 12.8. The molecule has 0 radical (unpaired) electrons. The Balaban J connectivity index is 1.35. The quantitative estimate of drug-likeness (QED) is 0.682. The third kappa shape index (κ3) is 4.44. The first-order valence-corrected chi connectivity index (χ1v) is 10.5. The van der Waals surface area contributed by atoms with E-state index in [2.05, 4.69) is 15.2 Å². The van der Waals surface area contributed by atoms with Crippen LogP contribution < -0.4 is 15.0 Å². The van der Waals surface area contributed by atoms with E-state index in [1.807, 2.05) is 30.3 Å². The molecule has 7 nitrogen and oxygen atoms in total. The lowest BCUT2D eigenvalue weighted by Gasteiger charge is -2.35. The number of ether oxygens (including phenoxy) is 1. The van der Waals surface area contributed by atoms with E-state index in [4.69, 9.17) is 4.74 Å². The topological polar surface area (TPSA) is 74.8 Å². The van der Waals surface area contributed by atoms with Crippen molar-refractivity contribution in [3.8, 4) is 5.75 Å². The molecular weight excluding hydrogens is 400 g/mol. The van der Waals surface area contributed by atoms with Gasteiger partial charge in [-0.15, -0.1) is 11.3 Å². The van der Waals surface area contributed by atoms with Crippen LogP contribution in [0.25, 0.3) is 0 Å². The largest absolute Gasteiger partial charge is 0.497 e. The molecule has 1 fully saturated rings. The highest BCUT2D eigenvalue weighted by molar-refractivity contribution is 7.14. The molecule has 0 saturated carbocycles. The molecule has 154 valence electrons. The molecule has 2 aromatic carbocycles. The summed E-state index contributed by atoms with van der Waals surface area (Å²) in [7, 11) is 1.65. The molecule has 0 unspecified atom stereocenters. The van der Waals surface area contributed by atoms with Crippen LogP contribution in [0.3, 0.4) is 0 Å². The van der Waals surface area contributed by atoms with Gasteiger partial charge in [-0.25, -0.2) is 4.98 Å². The number of carbonyl (C=O) groups is 2. The number of anilines is 2. The fraction of sp³-hybridized carbons (Fsp3) is 0.227. The average Bonchev–Trinajstić information content (AvgIpc) is 3.27. The second-order valence-corrected chi connectivity index (χ2v) is 7.70. The van der Waals surface area contributed by atoms with Crippen molar-refractivity contribution < 1.29 is 14.3 Å². The monoisotopic (exact) mass is 422 g/mol. The molecule has 0 spiro atoms. The first kappa shape index (κ1) is 19.9. The molecule has 8 heteroatoms. The number of benzene rings is 2. The Bertz CT molecular complexity index is 1030. The van der Waals surface area contributed by atoms with Gasteiger partial charge in [0.1, 0.15) is 11.4 Å². The van der Waals surface area contributed by atoms with E-state index >= 15 is 0 Å². The number of carbonyl (C=O) groups excluding carboxylic acids is 2. The maximum Gasteiger partial charge on any atom is 0.273 e. The van der Waals surface area contributed by atoms with Crippen molar-refractivity contribution in [2.75, 3.05) is 43.5 Å². The Hall–Kier alpha value is -3.39. The number of nitrogens with one attached hydrogen (secondary N) is 1. The van der Waals surface area contributed by atoms with Crippen molar-refractivity contribution >= 4 is 34.0 Å². The summed E-state index contributed by atoms with van der Waals surface area (Å²) in [5, 5.41) is 4.86. The summed E-state index contributed by atoms with van der Waals surface area (Å²) < 4.78 is 5.29. The molecular formula is C22H22N4O3S. The van der Waals surface area contributed by atoms with Crippen molar-refractivity contribution in [3.63, 3.8) is 0 Å². The van der Waals surface area contributed by atoms with Crippen LogP contribution in [0.2, 0.25) is 0 Å². The van der Waals surface area contributed by atoms with Crippen molar-refractivity contribution in [1.29, 1.82) is 0 Å². The minimum atomic E-state index is -0.240. The summed E-state index contributed by atoms with van der Waals surface area (Å²) in [4.78, 5) is 33.4. The minimum Gasteiger partial charge on any atom is -0.497 e. The third-order valence-corrected chi connectivity index (χ3v) is 5.72. The number of methoxy groups -OCH3 is 1. The smallest absolute Gasteiger partial charge is 0.273 e. The first-order valence-electron chi connectivity index (χ1n) is 9.64. The summed E-state index contributed by atoms with van der Waals surface area (Å²) >= 11 is 1.25. The maximum absolute atomic E-state index is 12.8. The summed E-state index contributed by atoms with van der Waals surface area (Å²) in [5.41, 5.74) is 1.99. The number of hydrogen-bond donors (Lipinski definition) is 1. The molecule has 3 aromatic rings. The van der Waals surface area contributed by atoms with Crippen LogP contribution in [-0.4, -0.2) is 55.0 Å². The lowest BCUT2D eigenvalue weighted by atomic mass is 10.2. The van der Waals surface area contributed by atoms with Crippen molar-refractivity contribution in [1.82, 2.24) is 9.88 Å². The zero-order valence-corrected chi connectivity index (χ0v) is 17.4. The van der Waals surface area contributed by atoms with E-state index < -0.39 is 0 Å². The number of rotatable bonds is 5. The van der Waals surface area contributed by atoms with Gasteiger partial charge in [-0.3, -0.25) is 14.9 Å². The van der Waals surface area contributed by atoms with Crippen LogP contribution in [-0.2, 0) is 0 Å². The molecule has 1 aromatic heterocycles. The summed E-state index contributed by atoms with van der Waals surface area (Å²) in [6.45, 7) is 2.69. The van der Waals surface area contributed by atoms with E-state index in [0.29, 0.717) is 29.5 Å². The second kappa shape index (κ2) is 8.96. The van der Waals surface area contributed by atoms with Gasteiger partial charge in [0.15, 0.2) is 5.13 Å². The van der Waals surface area contributed by atoms with Gasteiger partial charge in [-0.1, -0.05) is 24.3 Å². The van der Waals surface area contributed by atoms with E-state index in [-0.39, 0.29) is 11.8 Å². The van der Waals surface area contributed by atoms with Crippen molar-refractivity contribution in [2.24, 2.45) is 0 Å². The lowest BCUT2D eigenvalue weighted by Crippen LogP contribution is -2.48. The van der Waals surface area contributed by atoms with Crippen LogP contribution in [0, 0.1) is 0 Å². The highest BCUT2D eigenvalue weighted by Crippen LogP contribution is 2.23. The molecule has 2 amide bonds. The van der Waals surface area contributed by atoms with Crippen LogP contribution in [0.4, 0.5) is 10.8 Å². The third-order valence-electron chi connectivity index (χ3n) is 4.97. The van der Waals surface area contributed by atoms with Crippen LogP contribution in [0.1, 0.15) is 20.8 Å². The molecule has 2 heterocycles. The van der Waals surface area contributed by atoms with E-state index in [1.165, 1.54) is 11.3 Å². The van der Waals surface area contributed by atoms with E-state index in [0.717, 1.165) is 24.5 Å². The summed E-state index contributed by atoms with van der Waals surface area (Å²) in [6.07, 6.45) is 0. The van der Waals surface area contributed by atoms with Crippen LogP contribution in [0.15, 0.2) is 60.0 Å². The van der Waals surface area contributed by atoms with Gasteiger partial charge in [0.2, 0.25) is 0 Å². The lowest BCUT2D eigenvalue weighted by molar-refractivity contribution is 0.0741. The molecule has 4 rings (SSSR count). The van der Waals surface area contributed by atoms with Crippen LogP contribution in [0.5, 0.6) is 5.75 Å².